The molecule has 132 valence electrons. The van der Waals surface area contributed by atoms with Gasteiger partial charge in [0.25, 0.3) is 5.91 Å². The molecular formula is C19H20F2N2O2. The second kappa shape index (κ2) is 7.51. The predicted octanol–water partition coefficient (Wildman–Crippen LogP) is 3.33. The zero-order valence-electron chi connectivity index (χ0n) is 14.0. The van der Waals surface area contributed by atoms with E-state index >= 15 is 0 Å². The third-order valence-corrected chi connectivity index (χ3v) is 4.24. The smallest absolute Gasteiger partial charge is 0.254 e. The van der Waals surface area contributed by atoms with Crippen LogP contribution in [0.4, 0.5) is 14.5 Å². The summed E-state index contributed by atoms with van der Waals surface area (Å²) in [5, 5.41) is 0. The Balaban J connectivity index is 1.63. The molecular weight excluding hydrogens is 326 g/mol. The molecule has 25 heavy (non-hydrogen) atoms. The van der Waals surface area contributed by atoms with E-state index in [9.17, 15) is 13.6 Å². The molecule has 0 radical (unpaired) electrons. The highest BCUT2D eigenvalue weighted by Crippen LogP contribution is 2.21. The van der Waals surface area contributed by atoms with E-state index in [0.29, 0.717) is 38.3 Å². The maximum Gasteiger partial charge on any atom is 0.254 e. The molecule has 1 fully saturated rings. The largest absolute Gasteiger partial charge is 0.491 e. The Kier molecular flexibility index (Phi) is 5.16. The van der Waals surface area contributed by atoms with E-state index in [0.717, 1.165) is 5.69 Å². The highest BCUT2D eigenvalue weighted by atomic mass is 19.1. The fraction of sp³-hybridized carbons (Fsp3) is 0.316. The lowest BCUT2D eigenvalue weighted by atomic mass is 10.1. The molecule has 0 atom stereocenters. The lowest BCUT2D eigenvalue weighted by molar-refractivity contribution is 0.0746. The number of halogens is 2. The van der Waals surface area contributed by atoms with E-state index in [2.05, 4.69) is 4.90 Å². The van der Waals surface area contributed by atoms with Gasteiger partial charge in [-0.1, -0.05) is 0 Å². The van der Waals surface area contributed by atoms with Gasteiger partial charge in [-0.15, -0.1) is 0 Å². The van der Waals surface area contributed by atoms with Crippen LogP contribution in [0.15, 0.2) is 42.5 Å². The van der Waals surface area contributed by atoms with Gasteiger partial charge in [-0.2, -0.15) is 0 Å². The molecule has 1 saturated heterocycles. The number of carbonyl (C=O) groups excluding carboxylic acids is 1. The number of rotatable bonds is 4. The van der Waals surface area contributed by atoms with Crippen LogP contribution >= 0.6 is 0 Å². The van der Waals surface area contributed by atoms with Crippen molar-refractivity contribution in [1.82, 2.24) is 4.90 Å². The lowest BCUT2D eigenvalue weighted by Crippen LogP contribution is -2.48. The van der Waals surface area contributed by atoms with Crippen LogP contribution in [0.1, 0.15) is 17.3 Å². The SMILES string of the molecule is CCOc1ccc(C(=O)N2CCN(c3ccc(F)cc3)CC2)cc1F. The summed E-state index contributed by atoms with van der Waals surface area (Å²) in [5.41, 5.74) is 1.25. The first-order valence-electron chi connectivity index (χ1n) is 8.30. The number of nitrogens with zero attached hydrogens (tertiary/aromatic N) is 2. The average molecular weight is 346 g/mol. The Bertz CT molecular complexity index is 742. The van der Waals surface area contributed by atoms with E-state index in [1.165, 1.54) is 24.3 Å². The number of amides is 1. The van der Waals surface area contributed by atoms with Crippen LogP contribution in [0.25, 0.3) is 0 Å². The number of hydrogen-bond acceptors (Lipinski definition) is 3. The third kappa shape index (κ3) is 3.90. The van der Waals surface area contributed by atoms with Crippen molar-refractivity contribution in [3.05, 3.63) is 59.7 Å². The molecule has 1 aliphatic rings. The number of benzene rings is 2. The van der Waals surface area contributed by atoms with Crippen molar-refractivity contribution in [2.45, 2.75) is 6.92 Å². The summed E-state index contributed by atoms with van der Waals surface area (Å²) in [7, 11) is 0. The van der Waals surface area contributed by atoms with Gasteiger partial charge in [-0.3, -0.25) is 4.79 Å². The monoisotopic (exact) mass is 346 g/mol. The van der Waals surface area contributed by atoms with Crippen LogP contribution in [-0.4, -0.2) is 43.6 Å². The molecule has 2 aromatic rings. The Morgan fingerprint density at radius 1 is 1.04 bits per heavy atom. The van der Waals surface area contributed by atoms with Gasteiger partial charge in [0.2, 0.25) is 0 Å². The molecule has 0 spiro atoms. The minimum Gasteiger partial charge on any atom is -0.491 e. The molecule has 0 saturated carbocycles. The number of anilines is 1. The fourth-order valence-electron chi connectivity index (χ4n) is 2.91. The fourth-order valence-corrected chi connectivity index (χ4v) is 2.91. The number of piperazine rings is 1. The van der Waals surface area contributed by atoms with E-state index in [-0.39, 0.29) is 17.5 Å². The standard InChI is InChI=1S/C19H20F2N2O2/c1-2-25-18-8-3-14(13-17(18)21)19(24)23-11-9-22(10-12-23)16-6-4-15(20)5-7-16/h3-8,13H,2,9-12H2,1H3. The number of carbonyl (C=O) groups is 1. The third-order valence-electron chi connectivity index (χ3n) is 4.24. The van der Waals surface area contributed by atoms with Crippen molar-refractivity contribution < 1.29 is 18.3 Å². The average Bonchev–Trinajstić information content (AvgIpc) is 2.64. The Morgan fingerprint density at radius 3 is 2.32 bits per heavy atom. The van der Waals surface area contributed by atoms with E-state index < -0.39 is 5.82 Å². The Labute approximate surface area is 145 Å². The molecule has 0 aliphatic carbocycles. The predicted molar refractivity (Wildman–Crippen MR) is 92.1 cm³/mol. The molecule has 0 N–H and O–H groups in total. The van der Waals surface area contributed by atoms with Crippen LogP contribution in [0.3, 0.4) is 0 Å². The van der Waals surface area contributed by atoms with Gasteiger partial charge in [0.05, 0.1) is 6.61 Å². The first kappa shape index (κ1) is 17.2. The molecule has 0 bridgehead atoms. The second-order valence-electron chi connectivity index (χ2n) is 5.83. The van der Waals surface area contributed by atoms with Crippen LogP contribution in [-0.2, 0) is 0 Å². The molecule has 1 heterocycles. The summed E-state index contributed by atoms with van der Waals surface area (Å²) in [6.07, 6.45) is 0. The Morgan fingerprint density at radius 2 is 1.72 bits per heavy atom. The van der Waals surface area contributed by atoms with Crippen molar-refractivity contribution in [3.8, 4) is 5.75 Å². The molecule has 0 aromatic heterocycles. The summed E-state index contributed by atoms with van der Waals surface area (Å²) in [6.45, 7) is 4.51. The van der Waals surface area contributed by atoms with Crippen molar-refractivity contribution in [2.24, 2.45) is 0 Å². The van der Waals surface area contributed by atoms with Crippen molar-refractivity contribution in [3.63, 3.8) is 0 Å². The number of hydrogen-bond donors (Lipinski definition) is 0. The molecule has 1 aliphatic heterocycles. The summed E-state index contributed by atoms with van der Waals surface area (Å²) < 4.78 is 32.1. The van der Waals surface area contributed by atoms with Crippen LogP contribution in [0.2, 0.25) is 0 Å². The quantitative estimate of drug-likeness (QED) is 0.851. The van der Waals surface area contributed by atoms with Gasteiger partial charge in [-0.05, 0) is 49.4 Å². The minimum absolute atomic E-state index is 0.153. The second-order valence-corrected chi connectivity index (χ2v) is 5.83. The van der Waals surface area contributed by atoms with Gasteiger partial charge in [0.1, 0.15) is 5.82 Å². The first-order valence-corrected chi connectivity index (χ1v) is 8.30. The van der Waals surface area contributed by atoms with Crippen molar-refractivity contribution >= 4 is 11.6 Å². The summed E-state index contributed by atoms with van der Waals surface area (Å²) in [6, 6.07) is 10.6. The Hall–Kier alpha value is -2.63. The molecule has 4 nitrogen and oxygen atoms in total. The van der Waals surface area contributed by atoms with Gasteiger partial charge in [0.15, 0.2) is 11.6 Å². The molecule has 3 rings (SSSR count). The van der Waals surface area contributed by atoms with Gasteiger partial charge in [0, 0.05) is 37.4 Å². The van der Waals surface area contributed by atoms with Crippen molar-refractivity contribution in [1.29, 1.82) is 0 Å². The molecule has 1 amide bonds. The van der Waals surface area contributed by atoms with E-state index in [4.69, 9.17) is 4.74 Å². The van der Waals surface area contributed by atoms with Crippen LogP contribution in [0.5, 0.6) is 5.75 Å². The minimum atomic E-state index is -0.530. The highest BCUT2D eigenvalue weighted by Gasteiger charge is 2.23. The molecule has 0 unspecified atom stereocenters. The maximum absolute atomic E-state index is 13.9. The zero-order valence-corrected chi connectivity index (χ0v) is 14.0. The van der Waals surface area contributed by atoms with E-state index in [1.54, 1.807) is 30.0 Å². The topological polar surface area (TPSA) is 32.8 Å². The van der Waals surface area contributed by atoms with Crippen LogP contribution in [0, 0.1) is 11.6 Å². The van der Waals surface area contributed by atoms with Gasteiger partial charge < -0.3 is 14.5 Å². The highest BCUT2D eigenvalue weighted by molar-refractivity contribution is 5.94. The van der Waals surface area contributed by atoms with Crippen molar-refractivity contribution in [2.75, 3.05) is 37.7 Å². The van der Waals surface area contributed by atoms with E-state index in [1.807, 2.05) is 0 Å². The molecule has 6 heteroatoms. The summed E-state index contributed by atoms with van der Waals surface area (Å²) >= 11 is 0. The summed E-state index contributed by atoms with van der Waals surface area (Å²) in [4.78, 5) is 16.4. The lowest BCUT2D eigenvalue weighted by Gasteiger charge is -2.36. The normalized spacial score (nSPS) is 14.5. The number of ether oxygens (including phenoxy) is 1. The van der Waals surface area contributed by atoms with Crippen LogP contribution < -0.4 is 9.64 Å². The van der Waals surface area contributed by atoms with Gasteiger partial charge >= 0.3 is 0 Å². The zero-order chi connectivity index (χ0) is 17.8. The molecule has 2 aromatic carbocycles. The summed E-state index contributed by atoms with van der Waals surface area (Å²) in [5.74, 6) is -0.839. The maximum atomic E-state index is 13.9. The first-order chi connectivity index (χ1) is 12.1. The van der Waals surface area contributed by atoms with Gasteiger partial charge in [-0.25, -0.2) is 8.78 Å².